The Kier molecular flexibility index (Phi) is 8.82. The van der Waals surface area contributed by atoms with E-state index in [2.05, 4.69) is 42.5 Å². The van der Waals surface area contributed by atoms with Crippen LogP contribution in [-0.4, -0.2) is 18.4 Å². The molecule has 0 saturated heterocycles. The molecular weight excluding hydrogens is 593 g/mol. The van der Waals surface area contributed by atoms with Gasteiger partial charge in [-0.3, -0.25) is 9.59 Å². The monoisotopic (exact) mass is 605 g/mol. The Morgan fingerprint density at radius 2 is 1.71 bits per heavy atom. The number of nitrogens with one attached hydrogen (secondary N) is 2. The molecular formula is C24H15Br2ClFN3O3. The molecule has 0 aromatic heterocycles. The van der Waals surface area contributed by atoms with Crippen LogP contribution in [0, 0.1) is 17.1 Å². The number of carbonyl (C=O) groups excluding carboxylic acids is 2. The predicted molar refractivity (Wildman–Crippen MR) is 136 cm³/mol. The molecule has 172 valence electrons. The van der Waals surface area contributed by atoms with E-state index < -0.39 is 17.6 Å². The van der Waals surface area contributed by atoms with E-state index >= 15 is 0 Å². The van der Waals surface area contributed by atoms with Gasteiger partial charge >= 0.3 is 0 Å². The second kappa shape index (κ2) is 11.8. The fourth-order valence-electron chi connectivity index (χ4n) is 2.73. The average Bonchev–Trinajstić information content (AvgIpc) is 2.80. The quantitative estimate of drug-likeness (QED) is 0.235. The Morgan fingerprint density at radius 1 is 1.06 bits per heavy atom. The zero-order valence-electron chi connectivity index (χ0n) is 17.2. The van der Waals surface area contributed by atoms with Crippen molar-refractivity contribution in [1.29, 1.82) is 5.26 Å². The predicted octanol–water partition coefficient (Wildman–Crippen LogP) is 6.57. The van der Waals surface area contributed by atoms with Crippen LogP contribution in [0.15, 0.2) is 75.2 Å². The van der Waals surface area contributed by atoms with Crippen molar-refractivity contribution in [3.63, 3.8) is 0 Å². The Morgan fingerprint density at radius 3 is 2.32 bits per heavy atom. The molecule has 34 heavy (non-hydrogen) atoms. The molecule has 0 aliphatic carbocycles. The summed E-state index contributed by atoms with van der Waals surface area (Å²) in [6.07, 6.45) is 1.39. The molecule has 0 bridgehead atoms. The molecule has 0 unspecified atom stereocenters. The lowest BCUT2D eigenvalue weighted by atomic mass is 10.1. The first kappa shape index (κ1) is 25.4. The number of amides is 2. The molecule has 6 nitrogen and oxygen atoms in total. The first-order chi connectivity index (χ1) is 16.3. The lowest BCUT2D eigenvalue weighted by molar-refractivity contribution is -0.118. The summed E-state index contributed by atoms with van der Waals surface area (Å²) in [7, 11) is 0. The van der Waals surface area contributed by atoms with Crippen LogP contribution in [0.25, 0.3) is 6.08 Å². The van der Waals surface area contributed by atoms with Crippen molar-refractivity contribution in [2.45, 2.75) is 0 Å². The fraction of sp³-hybridized carbons (Fsp3) is 0.0417. The molecule has 0 heterocycles. The van der Waals surface area contributed by atoms with Gasteiger partial charge in [0, 0.05) is 5.69 Å². The first-order valence-corrected chi connectivity index (χ1v) is 11.6. The molecule has 10 heteroatoms. The number of ether oxygens (including phenoxy) is 1. The minimum atomic E-state index is -0.641. The zero-order valence-corrected chi connectivity index (χ0v) is 21.2. The van der Waals surface area contributed by atoms with Crippen LogP contribution < -0.4 is 15.4 Å². The Hall–Kier alpha value is -3.19. The number of anilines is 2. The Bertz CT molecular complexity index is 1280. The molecule has 0 radical (unpaired) electrons. The number of halogens is 4. The van der Waals surface area contributed by atoms with Crippen molar-refractivity contribution in [3.8, 4) is 11.8 Å². The van der Waals surface area contributed by atoms with Gasteiger partial charge in [-0.25, -0.2) is 4.39 Å². The van der Waals surface area contributed by atoms with Crippen LogP contribution in [0.3, 0.4) is 0 Å². The van der Waals surface area contributed by atoms with Gasteiger partial charge in [0.25, 0.3) is 11.8 Å². The smallest absolute Gasteiger partial charge is 0.266 e. The number of hydrogen-bond donors (Lipinski definition) is 2. The van der Waals surface area contributed by atoms with Crippen molar-refractivity contribution in [2.75, 3.05) is 17.2 Å². The molecule has 0 saturated carbocycles. The van der Waals surface area contributed by atoms with Crippen molar-refractivity contribution in [2.24, 2.45) is 0 Å². The highest BCUT2D eigenvalue weighted by Crippen LogP contribution is 2.35. The van der Waals surface area contributed by atoms with Gasteiger partial charge < -0.3 is 15.4 Å². The van der Waals surface area contributed by atoms with E-state index in [4.69, 9.17) is 16.3 Å². The van der Waals surface area contributed by atoms with Crippen molar-refractivity contribution in [1.82, 2.24) is 0 Å². The van der Waals surface area contributed by atoms with E-state index in [0.717, 1.165) is 0 Å². The summed E-state index contributed by atoms with van der Waals surface area (Å²) >= 11 is 12.8. The highest BCUT2D eigenvalue weighted by molar-refractivity contribution is 9.11. The Labute approximate surface area is 216 Å². The number of nitriles is 1. The molecule has 3 rings (SSSR count). The van der Waals surface area contributed by atoms with E-state index in [1.807, 2.05) is 6.07 Å². The highest BCUT2D eigenvalue weighted by atomic mass is 79.9. The lowest BCUT2D eigenvalue weighted by Gasteiger charge is -2.12. The highest BCUT2D eigenvalue weighted by Gasteiger charge is 2.14. The first-order valence-electron chi connectivity index (χ1n) is 9.61. The molecule has 0 spiro atoms. The molecule has 0 aliphatic heterocycles. The van der Waals surface area contributed by atoms with Gasteiger partial charge in [-0.15, -0.1) is 0 Å². The van der Waals surface area contributed by atoms with Gasteiger partial charge in [0.2, 0.25) is 0 Å². The summed E-state index contributed by atoms with van der Waals surface area (Å²) in [4.78, 5) is 24.6. The summed E-state index contributed by atoms with van der Waals surface area (Å²) < 4.78 is 19.6. The summed E-state index contributed by atoms with van der Waals surface area (Å²) in [5, 5.41) is 15.0. The maximum Gasteiger partial charge on any atom is 0.266 e. The van der Waals surface area contributed by atoms with Gasteiger partial charge in [0.15, 0.2) is 6.61 Å². The standard InChI is InChI=1S/C24H15Br2ClFN3O3/c25-18-10-14(9-15(12-29)24(33)30-17-7-5-16(28)6-8-17)11-19(26)23(18)34-13-22(32)31-21-4-2-1-3-20(21)27/h1-11H,13H2,(H,30,33)(H,31,32)/b15-9+. The topological polar surface area (TPSA) is 91.2 Å². The van der Waals surface area contributed by atoms with E-state index in [1.54, 1.807) is 36.4 Å². The third-order valence-corrected chi connectivity index (χ3v) is 5.80. The second-order valence-electron chi connectivity index (χ2n) is 6.76. The zero-order chi connectivity index (χ0) is 24.7. The van der Waals surface area contributed by atoms with Crippen LogP contribution in [-0.2, 0) is 9.59 Å². The molecule has 3 aromatic carbocycles. The van der Waals surface area contributed by atoms with Crippen LogP contribution >= 0.6 is 43.5 Å². The van der Waals surface area contributed by atoms with E-state index in [-0.39, 0.29) is 12.2 Å². The van der Waals surface area contributed by atoms with Crippen molar-refractivity contribution < 1.29 is 18.7 Å². The summed E-state index contributed by atoms with van der Waals surface area (Å²) in [5.41, 5.74) is 1.20. The molecule has 3 aromatic rings. The van der Waals surface area contributed by atoms with Gasteiger partial charge in [-0.2, -0.15) is 5.26 Å². The Balaban J connectivity index is 1.69. The summed E-state index contributed by atoms with van der Waals surface area (Å²) in [6, 6.07) is 17.1. The van der Waals surface area contributed by atoms with Crippen LogP contribution in [0.5, 0.6) is 5.75 Å². The fourth-order valence-corrected chi connectivity index (χ4v) is 4.37. The van der Waals surface area contributed by atoms with Gasteiger partial charge in [0.1, 0.15) is 23.2 Å². The molecule has 0 fully saturated rings. The number of rotatable bonds is 7. The van der Waals surface area contributed by atoms with Gasteiger partial charge in [-0.05, 0) is 92.0 Å². The number of carbonyl (C=O) groups is 2. The SMILES string of the molecule is N#C/C(=C\c1cc(Br)c(OCC(=O)Nc2ccccc2Cl)c(Br)c1)C(=O)Nc1ccc(F)cc1. The summed E-state index contributed by atoms with van der Waals surface area (Å²) in [6.45, 7) is -0.277. The molecule has 0 atom stereocenters. The van der Waals surface area contributed by atoms with E-state index in [0.29, 0.717) is 36.7 Å². The largest absolute Gasteiger partial charge is 0.481 e. The normalized spacial score (nSPS) is 10.9. The van der Waals surface area contributed by atoms with Crippen LogP contribution in [0.1, 0.15) is 5.56 Å². The minimum Gasteiger partial charge on any atom is -0.481 e. The number of benzene rings is 3. The molecule has 2 N–H and O–H groups in total. The second-order valence-corrected chi connectivity index (χ2v) is 8.88. The number of nitrogens with zero attached hydrogens (tertiary/aromatic N) is 1. The maximum atomic E-state index is 13.0. The van der Waals surface area contributed by atoms with Crippen LogP contribution in [0.4, 0.5) is 15.8 Å². The molecule has 2 amide bonds. The van der Waals surface area contributed by atoms with Crippen molar-refractivity contribution in [3.05, 3.63) is 91.6 Å². The number of hydrogen-bond acceptors (Lipinski definition) is 4. The third-order valence-electron chi connectivity index (χ3n) is 4.29. The third kappa shape index (κ3) is 6.90. The maximum absolute atomic E-state index is 13.0. The average molecular weight is 608 g/mol. The minimum absolute atomic E-state index is 0.157. The lowest BCUT2D eigenvalue weighted by Crippen LogP contribution is -2.20. The molecule has 0 aliphatic rings. The summed E-state index contributed by atoms with van der Waals surface area (Å²) in [5.74, 6) is -1.12. The van der Waals surface area contributed by atoms with Crippen LogP contribution in [0.2, 0.25) is 5.02 Å². The van der Waals surface area contributed by atoms with Crippen molar-refractivity contribution >= 4 is 72.7 Å². The van der Waals surface area contributed by atoms with Gasteiger partial charge in [0.05, 0.1) is 19.7 Å². The number of para-hydroxylation sites is 1. The van der Waals surface area contributed by atoms with Gasteiger partial charge in [-0.1, -0.05) is 23.7 Å². The van der Waals surface area contributed by atoms with E-state index in [9.17, 15) is 19.2 Å². The van der Waals surface area contributed by atoms with E-state index in [1.165, 1.54) is 30.3 Å².